The molecule has 2 aromatic heterocycles. The zero-order valence-corrected chi connectivity index (χ0v) is 10.2. The summed E-state index contributed by atoms with van der Waals surface area (Å²) in [4.78, 5) is 4.50. The molecule has 0 saturated heterocycles. The number of rotatable bonds is 4. The number of aromatic nitrogens is 2. The lowest BCUT2D eigenvalue weighted by Gasteiger charge is -1.98. The zero-order chi connectivity index (χ0) is 11.5. The first-order chi connectivity index (χ1) is 7.72. The van der Waals surface area contributed by atoms with Gasteiger partial charge in [-0.2, -0.15) is 0 Å². The highest BCUT2D eigenvalue weighted by molar-refractivity contribution is 6.30. The number of nitrogen functional groups attached to an aromatic ring is 1. The van der Waals surface area contributed by atoms with E-state index in [1.807, 2.05) is 22.7 Å². The fraction of sp³-hybridized carbons (Fsp3) is 0.417. The molecule has 3 nitrogen and oxygen atoms in total. The van der Waals surface area contributed by atoms with E-state index in [4.69, 9.17) is 17.3 Å². The molecule has 0 aromatic carbocycles. The maximum absolute atomic E-state index is 6.03. The summed E-state index contributed by atoms with van der Waals surface area (Å²) in [5.74, 6) is 0.716. The van der Waals surface area contributed by atoms with Crippen LogP contribution in [0.25, 0.3) is 5.65 Å². The molecule has 2 heterocycles. The molecule has 4 heteroatoms. The average molecular weight is 238 g/mol. The van der Waals surface area contributed by atoms with Crippen LogP contribution in [0.3, 0.4) is 0 Å². The predicted octanol–water partition coefficient (Wildman–Crippen LogP) is 3.30. The van der Waals surface area contributed by atoms with Crippen LogP contribution >= 0.6 is 11.6 Å². The number of hydrogen-bond donors (Lipinski definition) is 1. The highest BCUT2D eigenvalue weighted by Crippen LogP contribution is 2.19. The van der Waals surface area contributed by atoms with Crippen molar-refractivity contribution in [2.24, 2.45) is 0 Å². The van der Waals surface area contributed by atoms with Crippen LogP contribution in [0, 0.1) is 0 Å². The summed E-state index contributed by atoms with van der Waals surface area (Å²) in [6, 6.07) is 3.72. The largest absolute Gasteiger partial charge is 0.383 e. The molecule has 0 atom stereocenters. The van der Waals surface area contributed by atoms with Crippen LogP contribution in [-0.2, 0) is 6.42 Å². The highest BCUT2D eigenvalue weighted by Gasteiger charge is 2.08. The fourth-order valence-electron chi connectivity index (χ4n) is 1.81. The Bertz CT molecular complexity index is 490. The second kappa shape index (κ2) is 4.74. The minimum atomic E-state index is 0.678. The standard InChI is InChI=1S/C12H16ClN3/c1-2-3-4-5-10-12(14)16-8-9(13)6-7-11(16)15-10/h6-8H,2-5,14H2,1H3. The van der Waals surface area contributed by atoms with Gasteiger partial charge >= 0.3 is 0 Å². The second-order valence-corrected chi connectivity index (χ2v) is 4.41. The molecule has 0 aliphatic carbocycles. The number of pyridine rings is 1. The summed E-state index contributed by atoms with van der Waals surface area (Å²) in [5, 5.41) is 0.678. The van der Waals surface area contributed by atoms with Crippen LogP contribution in [0.5, 0.6) is 0 Å². The van der Waals surface area contributed by atoms with Gasteiger partial charge in [0.15, 0.2) is 0 Å². The lowest BCUT2D eigenvalue weighted by Crippen LogP contribution is -1.96. The first-order valence-electron chi connectivity index (χ1n) is 5.64. The molecule has 0 bridgehead atoms. The van der Waals surface area contributed by atoms with Crippen LogP contribution < -0.4 is 5.73 Å². The first kappa shape index (κ1) is 11.3. The molecule has 86 valence electrons. The van der Waals surface area contributed by atoms with Crippen molar-refractivity contribution in [3.05, 3.63) is 29.0 Å². The molecule has 0 fully saturated rings. The van der Waals surface area contributed by atoms with Crippen molar-refractivity contribution in [3.63, 3.8) is 0 Å². The molecule has 0 aliphatic heterocycles. The monoisotopic (exact) mass is 237 g/mol. The fourth-order valence-corrected chi connectivity index (χ4v) is 1.97. The maximum Gasteiger partial charge on any atom is 0.138 e. The smallest absolute Gasteiger partial charge is 0.138 e. The minimum absolute atomic E-state index is 0.678. The van der Waals surface area contributed by atoms with Gasteiger partial charge in [-0.1, -0.05) is 31.4 Å². The van der Waals surface area contributed by atoms with E-state index in [1.54, 1.807) is 0 Å². The Labute approximate surface area is 100 Å². The molecule has 0 unspecified atom stereocenters. The van der Waals surface area contributed by atoms with Crippen molar-refractivity contribution in [1.29, 1.82) is 0 Å². The number of aryl methyl sites for hydroxylation is 1. The second-order valence-electron chi connectivity index (χ2n) is 3.98. The molecule has 16 heavy (non-hydrogen) atoms. The highest BCUT2D eigenvalue weighted by atomic mass is 35.5. The molecule has 0 aliphatic rings. The normalized spacial score (nSPS) is 11.1. The summed E-state index contributed by atoms with van der Waals surface area (Å²) >= 11 is 5.92. The van der Waals surface area contributed by atoms with Crippen molar-refractivity contribution in [3.8, 4) is 0 Å². The van der Waals surface area contributed by atoms with Crippen molar-refractivity contribution < 1.29 is 0 Å². The molecule has 2 N–H and O–H groups in total. The van der Waals surface area contributed by atoms with Crippen LogP contribution in [-0.4, -0.2) is 9.38 Å². The summed E-state index contributed by atoms with van der Waals surface area (Å²) in [5.41, 5.74) is 7.88. The van der Waals surface area contributed by atoms with Gasteiger partial charge in [0.05, 0.1) is 10.7 Å². The molecular formula is C12H16ClN3. The lowest BCUT2D eigenvalue weighted by molar-refractivity contribution is 0.711. The van der Waals surface area contributed by atoms with Gasteiger partial charge in [-0.05, 0) is 25.0 Å². The maximum atomic E-state index is 6.03. The van der Waals surface area contributed by atoms with E-state index in [0.717, 1.165) is 24.2 Å². The van der Waals surface area contributed by atoms with Gasteiger partial charge in [0.1, 0.15) is 11.5 Å². The number of hydrogen-bond acceptors (Lipinski definition) is 2. The Hall–Kier alpha value is -1.22. The summed E-state index contributed by atoms with van der Waals surface area (Å²) in [6.45, 7) is 2.19. The van der Waals surface area contributed by atoms with Gasteiger partial charge in [0.25, 0.3) is 0 Å². The van der Waals surface area contributed by atoms with E-state index in [1.165, 1.54) is 12.8 Å². The first-order valence-corrected chi connectivity index (χ1v) is 6.02. The third kappa shape index (κ3) is 2.14. The molecule has 2 aromatic rings. The van der Waals surface area contributed by atoms with Crippen LogP contribution in [0.2, 0.25) is 5.02 Å². The molecule has 0 spiro atoms. The number of unbranched alkanes of at least 4 members (excludes halogenated alkanes) is 2. The quantitative estimate of drug-likeness (QED) is 0.830. The van der Waals surface area contributed by atoms with Gasteiger partial charge in [-0.15, -0.1) is 0 Å². The van der Waals surface area contributed by atoms with Gasteiger partial charge in [0.2, 0.25) is 0 Å². The number of anilines is 1. The number of nitrogens with two attached hydrogens (primary N) is 1. The molecule has 0 amide bonds. The van der Waals surface area contributed by atoms with Crippen LogP contribution in [0.4, 0.5) is 5.82 Å². The van der Waals surface area contributed by atoms with Gasteiger partial charge in [-0.25, -0.2) is 4.98 Å². The summed E-state index contributed by atoms with van der Waals surface area (Å²) < 4.78 is 1.85. The number of nitrogens with zero attached hydrogens (tertiary/aromatic N) is 2. The van der Waals surface area contributed by atoms with Crippen LogP contribution in [0.1, 0.15) is 31.9 Å². The van der Waals surface area contributed by atoms with E-state index in [9.17, 15) is 0 Å². The number of fused-ring (bicyclic) bond motifs is 1. The minimum Gasteiger partial charge on any atom is -0.383 e. The summed E-state index contributed by atoms with van der Waals surface area (Å²) in [7, 11) is 0. The topological polar surface area (TPSA) is 43.3 Å². The Morgan fingerprint density at radius 1 is 1.38 bits per heavy atom. The molecule has 2 rings (SSSR count). The number of imidazole rings is 1. The van der Waals surface area contributed by atoms with E-state index < -0.39 is 0 Å². The third-order valence-electron chi connectivity index (χ3n) is 2.71. The SMILES string of the molecule is CCCCCc1nc2ccc(Cl)cn2c1N. The Morgan fingerprint density at radius 2 is 2.19 bits per heavy atom. The lowest BCUT2D eigenvalue weighted by atomic mass is 10.1. The van der Waals surface area contributed by atoms with Crippen LogP contribution in [0.15, 0.2) is 18.3 Å². The van der Waals surface area contributed by atoms with Crippen molar-refractivity contribution in [2.45, 2.75) is 32.6 Å². The van der Waals surface area contributed by atoms with E-state index in [0.29, 0.717) is 10.8 Å². The molecular weight excluding hydrogens is 222 g/mol. The molecule has 0 saturated carbocycles. The number of halogens is 1. The predicted molar refractivity (Wildman–Crippen MR) is 67.8 cm³/mol. The van der Waals surface area contributed by atoms with Crippen molar-refractivity contribution in [2.75, 3.05) is 5.73 Å². The average Bonchev–Trinajstić information content (AvgIpc) is 2.57. The van der Waals surface area contributed by atoms with Crippen molar-refractivity contribution >= 4 is 23.1 Å². The Morgan fingerprint density at radius 3 is 2.94 bits per heavy atom. The Balaban J connectivity index is 2.29. The third-order valence-corrected chi connectivity index (χ3v) is 2.94. The van der Waals surface area contributed by atoms with Gasteiger partial charge < -0.3 is 5.73 Å². The van der Waals surface area contributed by atoms with Gasteiger partial charge in [0, 0.05) is 6.20 Å². The molecule has 0 radical (unpaired) electrons. The van der Waals surface area contributed by atoms with Crippen molar-refractivity contribution in [1.82, 2.24) is 9.38 Å². The Kier molecular flexibility index (Phi) is 3.34. The van der Waals surface area contributed by atoms with E-state index >= 15 is 0 Å². The zero-order valence-electron chi connectivity index (χ0n) is 9.41. The van der Waals surface area contributed by atoms with E-state index in [-0.39, 0.29) is 0 Å². The van der Waals surface area contributed by atoms with Gasteiger partial charge in [-0.3, -0.25) is 4.40 Å². The van der Waals surface area contributed by atoms with E-state index in [2.05, 4.69) is 11.9 Å². The summed E-state index contributed by atoms with van der Waals surface area (Å²) in [6.07, 6.45) is 6.31.